The molecule has 1 N–H and O–H groups in total. The molecular formula is C24H18F4N6O. The van der Waals surface area contributed by atoms with Crippen LogP contribution >= 0.6 is 0 Å². The number of methoxy groups -OCH3 is 1. The molecule has 0 aliphatic rings. The third-order valence-electron chi connectivity index (χ3n) is 5.37. The number of anilines is 2. The average Bonchev–Trinajstić information content (AvgIpc) is 3.44. The largest absolute Gasteiger partial charge is 0.494 e. The summed E-state index contributed by atoms with van der Waals surface area (Å²) < 4.78 is 63.1. The molecule has 0 atom stereocenters. The lowest BCUT2D eigenvalue weighted by atomic mass is 10.00. The number of aryl methyl sites for hydroxylation is 1. The highest BCUT2D eigenvalue weighted by Gasteiger charge is 2.34. The molecule has 0 amide bonds. The van der Waals surface area contributed by atoms with Crippen molar-refractivity contribution in [3.63, 3.8) is 0 Å². The number of rotatable bonds is 5. The van der Waals surface area contributed by atoms with E-state index in [-0.39, 0.29) is 22.7 Å². The maximum Gasteiger partial charge on any atom is 0.417 e. The SMILES string of the molecule is COc1cc(Nc2nc3c(-c4ccc(F)cc4C(F)(F)F)cccn3n2)ccc1-n1cnc(C)c1. The van der Waals surface area contributed by atoms with Crippen molar-refractivity contribution in [1.29, 1.82) is 0 Å². The van der Waals surface area contributed by atoms with Crippen LogP contribution in [-0.2, 0) is 6.18 Å². The highest BCUT2D eigenvalue weighted by atomic mass is 19.4. The predicted molar refractivity (Wildman–Crippen MR) is 122 cm³/mol. The number of nitrogens with one attached hydrogen (secondary N) is 1. The van der Waals surface area contributed by atoms with Gasteiger partial charge in [0.2, 0.25) is 5.95 Å². The number of fused-ring (bicyclic) bond motifs is 1. The summed E-state index contributed by atoms with van der Waals surface area (Å²) in [7, 11) is 1.54. The van der Waals surface area contributed by atoms with Crippen LogP contribution in [0.3, 0.4) is 0 Å². The Morgan fingerprint density at radius 1 is 1.03 bits per heavy atom. The van der Waals surface area contributed by atoms with E-state index in [4.69, 9.17) is 4.74 Å². The molecule has 0 unspecified atom stereocenters. The third-order valence-corrected chi connectivity index (χ3v) is 5.37. The lowest BCUT2D eigenvalue weighted by molar-refractivity contribution is -0.137. The van der Waals surface area contributed by atoms with Gasteiger partial charge < -0.3 is 14.6 Å². The number of halogens is 4. The van der Waals surface area contributed by atoms with Crippen molar-refractivity contribution in [3.8, 4) is 22.6 Å². The Morgan fingerprint density at radius 2 is 1.86 bits per heavy atom. The van der Waals surface area contributed by atoms with Gasteiger partial charge in [0.1, 0.15) is 11.6 Å². The molecule has 5 rings (SSSR count). The monoisotopic (exact) mass is 482 g/mol. The molecule has 0 spiro atoms. The summed E-state index contributed by atoms with van der Waals surface area (Å²) >= 11 is 0. The normalized spacial score (nSPS) is 11.7. The smallest absolute Gasteiger partial charge is 0.417 e. The topological polar surface area (TPSA) is 69.3 Å². The highest BCUT2D eigenvalue weighted by molar-refractivity contribution is 5.80. The van der Waals surface area contributed by atoms with Gasteiger partial charge in [0.25, 0.3) is 0 Å². The van der Waals surface area contributed by atoms with Crippen molar-refractivity contribution in [2.75, 3.05) is 12.4 Å². The fraction of sp³-hybridized carbons (Fsp3) is 0.125. The van der Waals surface area contributed by atoms with Gasteiger partial charge in [-0.1, -0.05) is 6.07 Å². The summed E-state index contributed by atoms with van der Waals surface area (Å²) in [6.07, 6.45) is 0.368. The van der Waals surface area contributed by atoms with Gasteiger partial charge in [-0.2, -0.15) is 18.2 Å². The Balaban J connectivity index is 1.52. The first kappa shape index (κ1) is 22.4. The Hall–Kier alpha value is -4.41. The van der Waals surface area contributed by atoms with Crippen LogP contribution in [-0.4, -0.2) is 31.3 Å². The first-order chi connectivity index (χ1) is 16.7. The number of nitrogens with zero attached hydrogens (tertiary/aromatic N) is 5. The van der Waals surface area contributed by atoms with Gasteiger partial charge in [-0.3, -0.25) is 0 Å². The van der Waals surface area contributed by atoms with E-state index in [0.717, 1.165) is 23.5 Å². The standard InChI is InChI=1S/C24H18F4N6O/c1-14-12-33(13-29-14)20-8-6-16(11-21(20)35-2)30-23-31-22-18(4-3-9-34(22)32-23)17-7-5-15(25)10-19(17)24(26,27)28/h3-13H,1-2H3,(H,30,32). The molecule has 0 fully saturated rings. The number of alkyl halides is 3. The molecule has 3 heterocycles. The zero-order valence-corrected chi connectivity index (χ0v) is 18.5. The van der Waals surface area contributed by atoms with Gasteiger partial charge in [0, 0.05) is 29.7 Å². The molecule has 2 aromatic carbocycles. The Morgan fingerprint density at radius 3 is 2.57 bits per heavy atom. The second-order valence-corrected chi connectivity index (χ2v) is 7.75. The van der Waals surface area contributed by atoms with Crippen molar-refractivity contribution in [3.05, 3.63) is 84.3 Å². The zero-order valence-electron chi connectivity index (χ0n) is 18.5. The maximum absolute atomic E-state index is 13.6. The first-order valence-corrected chi connectivity index (χ1v) is 10.4. The lowest BCUT2D eigenvalue weighted by Gasteiger charge is -2.13. The molecule has 11 heteroatoms. The number of aromatic nitrogens is 5. The van der Waals surface area contributed by atoms with Crippen molar-refractivity contribution < 1.29 is 22.3 Å². The van der Waals surface area contributed by atoms with Crippen LogP contribution in [0.2, 0.25) is 0 Å². The average molecular weight is 482 g/mol. The minimum absolute atomic E-state index is 0.168. The van der Waals surface area contributed by atoms with Gasteiger partial charge in [-0.05, 0) is 48.9 Å². The van der Waals surface area contributed by atoms with Crippen LogP contribution in [0.25, 0.3) is 22.5 Å². The van der Waals surface area contributed by atoms with Crippen LogP contribution in [0.1, 0.15) is 11.3 Å². The van der Waals surface area contributed by atoms with E-state index in [1.54, 1.807) is 37.8 Å². The Kier molecular flexibility index (Phi) is 5.39. The van der Waals surface area contributed by atoms with Crippen LogP contribution in [0.5, 0.6) is 5.75 Å². The van der Waals surface area contributed by atoms with Crippen molar-refractivity contribution in [2.24, 2.45) is 0 Å². The van der Waals surface area contributed by atoms with Crippen molar-refractivity contribution in [2.45, 2.75) is 13.1 Å². The molecule has 7 nitrogen and oxygen atoms in total. The minimum atomic E-state index is -4.74. The van der Waals surface area contributed by atoms with Gasteiger partial charge in [0.05, 0.1) is 30.4 Å². The number of pyridine rings is 1. The van der Waals surface area contributed by atoms with Gasteiger partial charge in [-0.25, -0.2) is 13.9 Å². The third kappa shape index (κ3) is 4.27. The van der Waals surface area contributed by atoms with E-state index in [1.807, 2.05) is 23.8 Å². The van der Waals surface area contributed by atoms with E-state index in [1.165, 1.54) is 10.6 Å². The summed E-state index contributed by atoms with van der Waals surface area (Å²) in [5.74, 6) is -0.237. The second-order valence-electron chi connectivity index (χ2n) is 7.75. The van der Waals surface area contributed by atoms with Crippen LogP contribution in [0.15, 0.2) is 67.3 Å². The molecule has 178 valence electrons. The number of hydrogen-bond acceptors (Lipinski definition) is 5. The van der Waals surface area contributed by atoms with E-state index >= 15 is 0 Å². The summed E-state index contributed by atoms with van der Waals surface area (Å²) in [5, 5.41) is 7.38. The highest BCUT2D eigenvalue weighted by Crippen LogP contribution is 2.39. The van der Waals surface area contributed by atoms with Gasteiger partial charge >= 0.3 is 6.18 Å². The van der Waals surface area contributed by atoms with Gasteiger partial charge in [-0.15, -0.1) is 5.10 Å². The molecule has 0 aliphatic carbocycles. The van der Waals surface area contributed by atoms with Crippen LogP contribution in [0, 0.1) is 12.7 Å². The number of hydrogen-bond donors (Lipinski definition) is 1. The lowest BCUT2D eigenvalue weighted by Crippen LogP contribution is -2.08. The molecular weight excluding hydrogens is 464 g/mol. The Bertz CT molecular complexity index is 1540. The summed E-state index contributed by atoms with van der Waals surface area (Å²) in [6.45, 7) is 1.88. The van der Waals surface area contributed by atoms with E-state index < -0.39 is 17.6 Å². The number of imidazole rings is 1. The summed E-state index contributed by atoms with van der Waals surface area (Å²) in [4.78, 5) is 8.61. The van der Waals surface area contributed by atoms with Crippen LogP contribution < -0.4 is 10.1 Å². The molecule has 0 bridgehead atoms. The minimum Gasteiger partial charge on any atom is -0.494 e. The van der Waals surface area contributed by atoms with Gasteiger partial charge in [0.15, 0.2) is 5.65 Å². The molecule has 0 saturated heterocycles. The number of ether oxygens (including phenoxy) is 1. The summed E-state index contributed by atoms with van der Waals surface area (Å²) in [6, 6.07) is 11.0. The molecule has 3 aromatic heterocycles. The Labute approximate surface area is 196 Å². The number of benzene rings is 2. The zero-order chi connectivity index (χ0) is 24.7. The van der Waals surface area contributed by atoms with Crippen LogP contribution in [0.4, 0.5) is 29.2 Å². The van der Waals surface area contributed by atoms with Crippen molar-refractivity contribution in [1.82, 2.24) is 24.1 Å². The molecule has 5 aromatic rings. The molecule has 0 radical (unpaired) electrons. The maximum atomic E-state index is 13.6. The predicted octanol–water partition coefficient (Wildman–Crippen LogP) is 5.80. The second kappa shape index (κ2) is 8.42. The first-order valence-electron chi connectivity index (χ1n) is 10.4. The van der Waals surface area contributed by atoms with Crippen molar-refractivity contribution >= 4 is 17.3 Å². The van der Waals surface area contributed by atoms with E-state index in [9.17, 15) is 17.6 Å². The van der Waals surface area contributed by atoms with E-state index in [2.05, 4.69) is 20.4 Å². The van der Waals surface area contributed by atoms with E-state index in [0.29, 0.717) is 17.5 Å². The molecule has 0 saturated carbocycles. The fourth-order valence-electron chi connectivity index (χ4n) is 3.81. The summed E-state index contributed by atoms with van der Waals surface area (Å²) in [5.41, 5.74) is 1.32. The molecule has 0 aliphatic heterocycles. The fourth-order valence-corrected chi connectivity index (χ4v) is 3.81. The quantitative estimate of drug-likeness (QED) is 0.321. The molecule has 35 heavy (non-hydrogen) atoms.